The molecule has 0 unspecified atom stereocenters. The van der Waals surface area contributed by atoms with Crippen LogP contribution in [-0.2, 0) is 19.2 Å². The van der Waals surface area contributed by atoms with Crippen molar-refractivity contribution < 1.29 is 39.6 Å². The Morgan fingerprint density at radius 2 is 1.38 bits per heavy atom. The van der Waals surface area contributed by atoms with E-state index in [-0.39, 0.29) is 0 Å². The number of rotatable bonds is 4. The molecule has 0 fully saturated rings. The highest BCUT2D eigenvalue weighted by atomic mass is 16.4. The number of carboxylic acids is 4. The second-order valence-corrected chi connectivity index (χ2v) is 2.40. The van der Waals surface area contributed by atoms with Crippen molar-refractivity contribution in [1.29, 1.82) is 0 Å². The molecule has 0 aliphatic rings. The van der Waals surface area contributed by atoms with Crippen LogP contribution in [0.1, 0.15) is 13.3 Å². The minimum Gasteiger partial charge on any atom is -0.481 e. The van der Waals surface area contributed by atoms with E-state index in [9.17, 15) is 14.4 Å². The molecule has 0 bridgehead atoms. The summed E-state index contributed by atoms with van der Waals surface area (Å²) in [5, 5.41) is 32.0. The predicted molar refractivity (Wildman–Crippen MR) is 48.9 cm³/mol. The van der Waals surface area contributed by atoms with E-state index in [1.807, 2.05) is 0 Å². The van der Waals surface area contributed by atoms with Crippen LogP contribution in [0.5, 0.6) is 0 Å². The Bertz CT molecular complexity index is 323. The molecule has 90 valence electrons. The molecule has 0 aromatic carbocycles. The third-order valence-corrected chi connectivity index (χ3v) is 0.914. The molecular formula is C8H10O8. The highest BCUT2D eigenvalue weighted by molar-refractivity contribution is 5.98. The maximum Gasteiger partial charge on any atom is 0.332 e. The topological polar surface area (TPSA) is 149 Å². The summed E-state index contributed by atoms with van der Waals surface area (Å²) in [6.45, 7) is 1.08. The van der Waals surface area contributed by atoms with Crippen LogP contribution in [0, 0.1) is 0 Å². The largest absolute Gasteiger partial charge is 0.481 e. The van der Waals surface area contributed by atoms with Crippen LogP contribution in [0.2, 0.25) is 0 Å². The maximum atomic E-state index is 10.2. The highest BCUT2D eigenvalue weighted by Crippen LogP contribution is 2.00. The molecule has 0 saturated heterocycles. The van der Waals surface area contributed by atoms with Crippen molar-refractivity contribution in [2.45, 2.75) is 13.3 Å². The predicted octanol–water partition coefficient (Wildman–Crippen LogP) is -0.352. The Morgan fingerprint density at radius 3 is 1.56 bits per heavy atom. The van der Waals surface area contributed by atoms with Gasteiger partial charge in [0.2, 0.25) is 0 Å². The standard InChI is InChI=1S/C6H6O6.C2H4O2/c7-4(8)1-3(6(11)12)2-5(9)10;1-2(3)4/h1H,2H2,(H,7,8)(H,9,10)(H,11,12);1H3,(H,3,4). The summed E-state index contributed by atoms with van der Waals surface area (Å²) in [5.41, 5.74) is -0.657. The molecule has 0 radical (unpaired) electrons. The lowest BCUT2D eigenvalue weighted by Crippen LogP contribution is -2.08. The lowest BCUT2D eigenvalue weighted by atomic mass is 10.2. The summed E-state index contributed by atoms with van der Waals surface area (Å²) in [5.74, 6) is -5.24. The Hall–Kier alpha value is -2.38. The van der Waals surface area contributed by atoms with Crippen molar-refractivity contribution in [3.05, 3.63) is 11.6 Å². The zero-order valence-corrected chi connectivity index (χ0v) is 8.21. The van der Waals surface area contributed by atoms with E-state index in [2.05, 4.69) is 0 Å². The average Bonchev–Trinajstić information content (AvgIpc) is 1.99. The second-order valence-electron chi connectivity index (χ2n) is 2.40. The first-order valence-electron chi connectivity index (χ1n) is 3.75. The fourth-order valence-electron chi connectivity index (χ4n) is 0.500. The maximum absolute atomic E-state index is 10.2. The highest BCUT2D eigenvalue weighted by Gasteiger charge is 2.12. The third kappa shape index (κ3) is 14.2. The van der Waals surface area contributed by atoms with E-state index in [1.165, 1.54) is 0 Å². The van der Waals surface area contributed by atoms with Gasteiger partial charge in [0.1, 0.15) is 0 Å². The van der Waals surface area contributed by atoms with E-state index in [1.54, 1.807) is 0 Å². The van der Waals surface area contributed by atoms with Gasteiger partial charge in [0.25, 0.3) is 5.97 Å². The molecule has 0 atom stereocenters. The van der Waals surface area contributed by atoms with Gasteiger partial charge >= 0.3 is 17.9 Å². The summed E-state index contributed by atoms with van der Waals surface area (Å²) in [6.07, 6.45) is -0.446. The Labute approximate surface area is 89.4 Å². The summed E-state index contributed by atoms with van der Waals surface area (Å²) in [4.78, 5) is 39.1. The van der Waals surface area contributed by atoms with Crippen molar-refractivity contribution in [1.82, 2.24) is 0 Å². The van der Waals surface area contributed by atoms with E-state index in [0.29, 0.717) is 6.08 Å². The molecule has 16 heavy (non-hydrogen) atoms. The van der Waals surface area contributed by atoms with Crippen molar-refractivity contribution >= 4 is 23.9 Å². The zero-order chi connectivity index (χ0) is 13.3. The summed E-state index contributed by atoms with van der Waals surface area (Å²) < 4.78 is 0. The molecule has 0 aliphatic heterocycles. The van der Waals surface area contributed by atoms with Crippen LogP contribution < -0.4 is 0 Å². The van der Waals surface area contributed by atoms with Crippen LogP contribution in [0.15, 0.2) is 11.6 Å². The molecular weight excluding hydrogens is 224 g/mol. The quantitative estimate of drug-likeness (QED) is 0.482. The minimum absolute atomic E-state index is 0.358. The molecule has 0 heterocycles. The number of carboxylic acid groups (broad SMARTS) is 4. The molecule has 0 rings (SSSR count). The van der Waals surface area contributed by atoms with E-state index in [4.69, 9.17) is 25.2 Å². The minimum atomic E-state index is -1.54. The Morgan fingerprint density at radius 1 is 1.00 bits per heavy atom. The van der Waals surface area contributed by atoms with E-state index in [0.717, 1.165) is 6.92 Å². The fourth-order valence-corrected chi connectivity index (χ4v) is 0.500. The molecule has 0 aromatic rings. The normalized spacial score (nSPS) is 9.69. The van der Waals surface area contributed by atoms with Crippen molar-refractivity contribution in [2.75, 3.05) is 0 Å². The summed E-state index contributed by atoms with van der Waals surface area (Å²) >= 11 is 0. The zero-order valence-electron chi connectivity index (χ0n) is 8.21. The average molecular weight is 234 g/mol. The van der Waals surface area contributed by atoms with Gasteiger partial charge in [-0.15, -0.1) is 0 Å². The van der Waals surface area contributed by atoms with Gasteiger partial charge in [0.05, 0.1) is 12.0 Å². The van der Waals surface area contributed by atoms with Crippen LogP contribution in [0.4, 0.5) is 0 Å². The van der Waals surface area contributed by atoms with Gasteiger partial charge in [0, 0.05) is 13.0 Å². The van der Waals surface area contributed by atoms with Crippen LogP contribution in [0.25, 0.3) is 0 Å². The smallest absolute Gasteiger partial charge is 0.332 e. The Balaban J connectivity index is 0. The molecule has 4 N–H and O–H groups in total. The van der Waals surface area contributed by atoms with Crippen LogP contribution >= 0.6 is 0 Å². The van der Waals surface area contributed by atoms with Gasteiger partial charge in [-0.25, -0.2) is 9.59 Å². The lowest BCUT2D eigenvalue weighted by molar-refractivity contribution is -0.140. The first kappa shape index (κ1) is 16.1. The number of aliphatic carboxylic acids is 4. The van der Waals surface area contributed by atoms with Gasteiger partial charge in [-0.3, -0.25) is 9.59 Å². The van der Waals surface area contributed by atoms with Gasteiger partial charge in [-0.05, 0) is 0 Å². The SMILES string of the molecule is CC(=O)O.O=C(O)C=C(CC(=O)O)C(=O)O. The summed E-state index contributed by atoms with van der Waals surface area (Å²) in [7, 11) is 0. The molecule has 0 saturated carbocycles. The van der Waals surface area contributed by atoms with Gasteiger partial charge in [-0.2, -0.15) is 0 Å². The van der Waals surface area contributed by atoms with Gasteiger partial charge < -0.3 is 20.4 Å². The van der Waals surface area contributed by atoms with E-state index >= 15 is 0 Å². The van der Waals surface area contributed by atoms with Gasteiger partial charge in [0.15, 0.2) is 0 Å². The molecule has 8 heteroatoms. The fraction of sp³-hybridized carbons (Fsp3) is 0.250. The molecule has 0 spiro atoms. The van der Waals surface area contributed by atoms with Crippen molar-refractivity contribution in [3.63, 3.8) is 0 Å². The van der Waals surface area contributed by atoms with Crippen molar-refractivity contribution in [3.8, 4) is 0 Å². The molecule has 0 aromatic heterocycles. The van der Waals surface area contributed by atoms with Gasteiger partial charge in [-0.1, -0.05) is 0 Å². The summed E-state index contributed by atoms with van der Waals surface area (Å²) in [6, 6.07) is 0. The number of hydrogen-bond acceptors (Lipinski definition) is 4. The molecule has 0 amide bonds. The van der Waals surface area contributed by atoms with Crippen molar-refractivity contribution in [2.24, 2.45) is 0 Å². The second kappa shape index (κ2) is 7.97. The monoisotopic (exact) mass is 234 g/mol. The number of carbonyl (C=O) groups is 4. The third-order valence-electron chi connectivity index (χ3n) is 0.914. The lowest BCUT2D eigenvalue weighted by Gasteiger charge is -1.94. The molecule has 8 nitrogen and oxygen atoms in total. The first-order chi connectivity index (χ1) is 7.16. The number of hydrogen-bond donors (Lipinski definition) is 4. The van der Waals surface area contributed by atoms with E-state index < -0.39 is 35.9 Å². The Kier molecular flexibility index (Phi) is 8.00. The first-order valence-corrected chi connectivity index (χ1v) is 3.75. The molecule has 0 aliphatic carbocycles. The van der Waals surface area contributed by atoms with Crippen LogP contribution in [-0.4, -0.2) is 44.3 Å². The van der Waals surface area contributed by atoms with Crippen LogP contribution in [0.3, 0.4) is 0 Å².